The number of ether oxygens (including phenoxy) is 3. The van der Waals surface area contributed by atoms with Gasteiger partial charge in [-0.3, -0.25) is 9.59 Å². The van der Waals surface area contributed by atoms with Crippen LogP contribution in [0.2, 0.25) is 0 Å². The molecule has 9 heteroatoms. The summed E-state index contributed by atoms with van der Waals surface area (Å²) in [6.07, 6.45) is 0.726. The fourth-order valence-corrected chi connectivity index (χ4v) is 4.69. The molecule has 0 unspecified atom stereocenters. The molecule has 0 aromatic heterocycles. The Morgan fingerprint density at radius 2 is 1.83 bits per heavy atom. The number of rotatable bonds is 10. The number of benzene rings is 2. The summed E-state index contributed by atoms with van der Waals surface area (Å²) in [6, 6.07) is 16.7. The number of allylic oxidation sites excluding steroid dienone is 2. The first-order chi connectivity index (χ1) is 17.4. The molecule has 2 N–H and O–H groups in total. The number of carbonyl (C=O) groups excluding carboxylic acids is 2. The Balaban J connectivity index is 2.05. The van der Waals surface area contributed by atoms with Gasteiger partial charge in [0.1, 0.15) is 0 Å². The number of nitriles is 1. The topological polar surface area (TPSA) is 110 Å². The lowest BCUT2D eigenvalue weighted by molar-refractivity contribution is -0.140. The predicted octanol–water partition coefficient (Wildman–Crippen LogP) is 4.72. The highest BCUT2D eigenvalue weighted by molar-refractivity contribution is 8.03. The second-order valence-corrected chi connectivity index (χ2v) is 8.88. The van der Waals surface area contributed by atoms with Crippen LogP contribution >= 0.6 is 11.8 Å². The average Bonchev–Trinajstić information content (AvgIpc) is 2.90. The number of esters is 1. The molecule has 1 atom stereocenters. The highest BCUT2D eigenvalue weighted by atomic mass is 32.2. The molecule has 0 bridgehead atoms. The number of dihydropyridines is 1. The number of hydrogen-bond donors (Lipinski definition) is 2. The van der Waals surface area contributed by atoms with Gasteiger partial charge in [0, 0.05) is 17.0 Å². The normalized spacial score (nSPS) is 15.0. The Morgan fingerprint density at radius 1 is 1.11 bits per heavy atom. The largest absolute Gasteiger partial charge is 0.493 e. The SMILES string of the molecule is CCCOC(=O)CSC1=C(C#N)[C@H](c2ccc(OC)c(OC)c2)C(C(=O)Nc2ccccc2)=C(C)N1. The van der Waals surface area contributed by atoms with E-state index in [-0.39, 0.29) is 17.6 Å². The van der Waals surface area contributed by atoms with E-state index in [4.69, 9.17) is 14.2 Å². The summed E-state index contributed by atoms with van der Waals surface area (Å²) in [6.45, 7) is 4.04. The number of para-hydroxylation sites is 1. The number of thioether (sulfide) groups is 1. The van der Waals surface area contributed by atoms with Gasteiger partial charge in [0.2, 0.25) is 0 Å². The molecule has 0 saturated heterocycles. The molecular weight excluding hydrogens is 478 g/mol. The first-order valence-corrected chi connectivity index (χ1v) is 12.4. The van der Waals surface area contributed by atoms with Crippen LogP contribution in [0.3, 0.4) is 0 Å². The smallest absolute Gasteiger partial charge is 0.316 e. The van der Waals surface area contributed by atoms with E-state index < -0.39 is 5.92 Å². The second kappa shape index (κ2) is 12.7. The van der Waals surface area contributed by atoms with Crippen molar-refractivity contribution in [1.82, 2.24) is 5.32 Å². The van der Waals surface area contributed by atoms with Crippen molar-refractivity contribution < 1.29 is 23.8 Å². The molecule has 8 nitrogen and oxygen atoms in total. The van der Waals surface area contributed by atoms with E-state index in [9.17, 15) is 14.9 Å². The van der Waals surface area contributed by atoms with Crippen molar-refractivity contribution in [1.29, 1.82) is 5.26 Å². The fourth-order valence-electron chi connectivity index (χ4n) is 3.80. The first-order valence-electron chi connectivity index (χ1n) is 11.4. The number of hydrogen-bond acceptors (Lipinski definition) is 8. The number of carbonyl (C=O) groups is 2. The van der Waals surface area contributed by atoms with Crippen LogP contribution in [0, 0.1) is 11.3 Å². The Hall–Kier alpha value is -3.90. The Kier molecular flexibility index (Phi) is 9.42. The van der Waals surface area contributed by atoms with Gasteiger partial charge in [-0.1, -0.05) is 43.0 Å². The van der Waals surface area contributed by atoms with Crippen LogP contribution in [0.5, 0.6) is 11.5 Å². The van der Waals surface area contributed by atoms with Gasteiger partial charge < -0.3 is 24.8 Å². The van der Waals surface area contributed by atoms with Crippen molar-refractivity contribution in [3.05, 3.63) is 76.0 Å². The molecule has 1 amide bonds. The van der Waals surface area contributed by atoms with Crippen molar-refractivity contribution in [3.8, 4) is 17.6 Å². The Labute approximate surface area is 215 Å². The number of anilines is 1. The summed E-state index contributed by atoms with van der Waals surface area (Å²) >= 11 is 1.18. The predicted molar refractivity (Wildman–Crippen MR) is 140 cm³/mol. The van der Waals surface area contributed by atoms with Crippen LogP contribution in [-0.4, -0.2) is 38.5 Å². The third kappa shape index (κ3) is 6.20. The number of amides is 1. The molecular formula is C27H29N3O5S. The van der Waals surface area contributed by atoms with Gasteiger partial charge in [-0.05, 0) is 43.2 Å². The average molecular weight is 508 g/mol. The molecule has 188 valence electrons. The van der Waals surface area contributed by atoms with Crippen molar-refractivity contribution >= 4 is 29.3 Å². The minimum absolute atomic E-state index is 0.0327. The molecule has 36 heavy (non-hydrogen) atoms. The summed E-state index contributed by atoms with van der Waals surface area (Å²) in [4.78, 5) is 25.6. The number of nitrogens with one attached hydrogen (secondary N) is 2. The van der Waals surface area contributed by atoms with E-state index in [1.807, 2.05) is 25.1 Å². The fraction of sp³-hybridized carbons (Fsp3) is 0.296. The lowest BCUT2D eigenvalue weighted by atomic mass is 9.82. The van der Waals surface area contributed by atoms with E-state index in [0.717, 1.165) is 6.42 Å². The Bertz CT molecular complexity index is 1220. The van der Waals surface area contributed by atoms with Gasteiger partial charge in [0.25, 0.3) is 5.91 Å². The maximum Gasteiger partial charge on any atom is 0.316 e. The maximum absolute atomic E-state index is 13.5. The van der Waals surface area contributed by atoms with Crippen LogP contribution in [-0.2, 0) is 14.3 Å². The quantitative estimate of drug-likeness (QED) is 0.445. The molecule has 0 saturated carbocycles. The molecule has 3 rings (SSSR count). The summed E-state index contributed by atoms with van der Waals surface area (Å²) in [5, 5.41) is 16.8. The van der Waals surface area contributed by atoms with E-state index in [1.165, 1.54) is 26.0 Å². The molecule has 0 spiro atoms. The Morgan fingerprint density at radius 3 is 2.47 bits per heavy atom. The lowest BCUT2D eigenvalue weighted by Gasteiger charge is -2.30. The molecule has 2 aromatic rings. The standard InChI is InChI=1S/C27H29N3O5S/c1-5-13-35-23(31)16-36-27-20(15-28)25(18-11-12-21(33-3)22(14-18)34-4)24(17(2)29-27)26(32)30-19-9-7-6-8-10-19/h6-12,14,25,29H,5,13,16H2,1-4H3,(H,30,32)/t25-/m0/s1. The van der Waals surface area contributed by atoms with Crippen LogP contribution in [0.15, 0.2) is 70.4 Å². The van der Waals surface area contributed by atoms with E-state index in [2.05, 4.69) is 16.7 Å². The van der Waals surface area contributed by atoms with Gasteiger partial charge in [-0.2, -0.15) is 5.26 Å². The minimum Gasteiger partial charge on any atom is -0.493 e. The summed E-state index contributed by atoms with van der Waals surface area (Å²) in [5.74, 6) is -0.375. The van der Waals surface area contributed by atoms with Crippen molar-refractivity contribution in [2.24, 2.45) is 0 Å². The molecule has 1 aliphatic rings. The van der Waals surface area contributed by atoms with Gasteiger partial charge >= 0.3 is 5.97 Å². The molecule has 2 aromatic carbocycles. The van der Waals surface area contributed by atoms with E-state index in [1.54, 1.807) is 37.3 Å². The molecule has 1 aliphatic heterocycles. The zero-order valence-electron chi connectivity index (χ0n) is 20.7. The van der Waals surface area contributed by atoms with E-state index in [0.29, 0.717) is 51.2 Å². The van der Waals surface area contributed by atoms with Crippen LogP contribution < -0.4 is 20.1 Å². The number of nitrogens with zero attached hydrogens (tertiary/aromatic N) is 1. The van der Waals surface area contributed by atoms with Crippen molar-refractivity contribution in [3.63, 3.8) is 0 Å². The second-order valence-electron chi connectivity index (χ2n) is 7.90. The highest BCUT2D eigenvalue weighted by Crippen LogP contribution is 2.43. The monoisotopic (exact) mass is 507 g/mol. The minimum atomic E-state index is -0.700. The summed E-state index contributed by atoms with van der Waals surface area (Å²) in [5.41, 5.74) is 2.59. The van der Waals surface area contributed by atoms with Crippen LogP contribution in [0.1, 0.15) is 31.7 Å². The third-order valence-corrected chi connectivity index (χ3v) is 6.46. The van der Waals surface area contributed by atoms with Crippen molar-refractivity contribution in [2.45, 2.75) is 26.2 Å². The zero-order chi connectivity index (χ0) is 26.1. The molecule has 0 fully saturated rings. The maximum atomic E-state index is 13.5. The zero-order valence-corrected chi connectivity index (χ0v) is 21.5. The number of methoxy groups -OCH3 is 2. The van der Waals surface area contributed by atoms with Crippen LogP contribution in [0.25, 0.3) is 0 Å². The van der Waals surface area contributed by atoms with E-state index >= 15 is 0 Å². The van der Waals surface area contributed by atoms with Gasteiger partial charge in [-0.25, -0.2) is 0 Å². The summed E-state index contributed by atoms with van der Waals surface area (Å²) < 4.78 is 16.0. The van der Waals surface area contributed by atoms with Gasteiger partial charge in [0.15, 0.2) is 11.5 Å². The molecule has 0 radical (unpaired) electrons. The van der Waals surface area contributed by atoms with Crippen molar-refractivity contribution in [2.75, 3.05) is 31.9 Å². The van der Waals surface area contributed by atoms with Gasteiger partial charge in [0.05, 0.1) is 49.2 Å². The highest BCUT2D eigenvalue weighted by Gasteiger charge is 2.35. The van der Waals surface area contributed by atoms with Gasteiger partial charge in [-0.15, -0.1) is 0 Å². The van der Waals surface area contributed by atoms with Crippen LogP contribution in [0.4, 0.5) is 5.69 Å². The lowest BCUT2D eigenvalue weighted by Crippen LogP contribution is -2.31. The third-order valence-electron chi connectivity index (χ3n) is 5.47. The molecule has 1 heterocycles. The first kappa shape index (κ1) is 26.7. The summed E-state index contributed by atoms with van der Waals surface area (Å²) in [7, 11) is 3.07. The molecule has 0 aliphatic carbocycles.